The molecule has 0 aromatic heterocycles. The van der Waals surface area contributed by atoms with Crippen LogP contribution in [-0.2, 0) is 4.79 Å². The van der Waals surface area contributed by atoms with E-state index < -0.39 is 6.04 Å². The van der Waals surface area contributed by atoms with Crippen LogP contribution in [0.2, 0.25) is 0 Å². The van der Waals surface area contributed by atoms with Crippen LogP contribution in [0.25, 0.3) is 0 Å². The van der Waals surface area contributed by atoms with Crippen LogP contribution in [-0.4, -0.2) is 44.2 Å². The third-order valence-corrected chi connectivity index (χ3v) is 4.86. The van der Waals surface area contributed by atoms with Gasteiger partial charge in [-0.05, 0) is 44.4 Å². The number of amides is 1. The lowest BCUT2D eigenvalue weighted by molar-refractivity contribution is -0.122. The molecule has 6 heteroatoms. The van der Waals surface area contributed by atoms with Crippen molar-refractivity contribution in [2.24, 2.45) is 5.73 Å². The second-order valence-corrected chi connectivity index (χ2v) is 6.74. The summed E-state index contributed by atoms with van der Waals surface area (Å²) < 4.78 is 0. The summed E-state index contributed by atoms with van der Waals surface area (Å²) in [6.07, 6.45) is 3.33. The molecule has 0 bridgehead atoms. The lowest BCUT2D eigenvalue weighted by Gasteiger charge is -2.24. The Morgan fingerprint density at radius 3 is 2.75 bits per heavy atom. The smallest absolute Gasteiger partial charge is 0.236 e. The molecule has 2 aliphatic rings. The quantitative estimate of drug-likeness (QED) is 0.868. The first-order valence-corrected chi connectivity index (χ1v) is 8.68. The van der Waals surface area contributed by atoms with Gasteiger partial charge < -0.3 is 20.9 Å². The summed E-state index contributed by atoms with van der Waals surface area (Å²) in [5, 5.41) is 12.4. The zero-order valence-corrected chi connectivity index (χ0v) is 14.2. The van der Waals surface area contributed by atoms with E-state index in [0.29, 0.717) is 5.56 Å². The van der Waals surface area contributed by atoms with Crippen molar-refractivity contribution in [3.63, 3.8) is 0 Å². The first-order chi connectivity index (χ1) is 11.6. The highest BCUT2D eigenvalue weighted by Crippen LogP contribution is 2.30. The number of hydrogen-bond donors (Lipinski definition) is 2. The topological polar surface area (TPSA) is 85.4 Å². The number of carbonyl (C=O) groups is 1. The van der Waals surface area contributed by atoms with Crippen LogP contribution >= 0.6 is 0 Å². The molecule has 24 heavy (non-hydrogen) atoms. The lowest BCUT2D eigenvalue weighted by Crippen LogP contribution is -2.45. The number of nitriles is 1. The summed E-state index contributed by atoms with van der Waals surface area (Å²) in [7, 11) is 0. The van der Waals surface area contributed by atoms with Gasteiger partial charge in [0.25, 0.3) is 0 Å². The molecule has 6 nitrogen and oxygen atoms in total. The molecule has 0 saturated carbocycles. The van der Waals surface area contributed by atoms with Crippen molar-refractivity contribution >= 4 is 17.3 Å². The third kappa shape index (κ3) is 3.46. The maximum Gasteiger partial charge on any atom is 0.236 e. The van der Waals surface area contributed by atoms with Gasteiger partial charge in [0.2, 0.25) is 5.91 Å². The van der Waals surface area contributed by atoms with Gasteiger partial charge >= 0.3 is 0 Å². The van der Waals surface area contributed by atoms with Crippen molar-refractivity contribution in [1.29, 1.82) is 5.26 Å². The fraction of sp³-hybridized carbons (Fsp3) is 0.556. The van der Waals surface area contributed by atoms with Crippen LogP contribution in [0.15, 0.2) is 18.2 Å². The molecule has 1 aromatic rings. The number of carbonyl (C=O) groups excluding carboxylic acids is 1. The van der Waals surface area contributed by atoms with Gasteiger partial charge in [-0.1, -0.05) is 0 Å². The number of benzene rings is 1. The molecule has 3 N–H and O–H groups in total. The molecule has 0 spiro atoms. The molecule has 2 heterocycles. The van der Waals surface area contributed by atoms with Gasteiger partial charge in [-0.15, -0.1) is 0 Å². The van der Waals surface area contributed by atoms with Gasteiger partial charge in [0, 0.05) is 37.9 Å². The Morgan fingerprint density at radius 2 is 2.08 bits per heavy atom. The number of hydrogen-bond acceptors (Lipinski definition) is 5. The number of nitrogens with one attached hydrogen (secondary N) is 1. The number of anilines is 2. The first kappa shape index (κ1) is 16.6. The molecule has 0 aliphatic carbocycles. The Bertz CT molecular complexity index is 645. The second-order valence-electron chi connectivity index (χ2n) is 6.74. The van der Waals surface area contributed by atoms with Crippen molar-refractivity contribution in [2.75, 3.05) is 36.0 Å². The minimum absolute atomic E-state index is 0.0884. The van der Waals surface area contributed by atoms with E-state index in [2.05, 4.69) is 27.3 Å². The predicted molar refractivity (Wildman–Crippen MR) is 95.0 cm³/mol. The van der Waals surface area contributed by atoms with Crippen molar-refractivity contribution in [1.82, 2.24) is 5.32 Å². The molecule has 128 valence electrons. The Balaban J connectivity index is 1.75. The molecule has 2 aliphatic heterocycles. The predicted octanol–water partition coefficient (Wildman–Crippen LogP) is 1.20. The van der Waals surface area contributed by atoms with Crippen LogP contribution in [0, 0.1) is 11.3 Å². The minimum Gasteiger partial charge on any atom is -0.371 e. The van der Waals surface area contributed by atoms with Crippen LogP contribution < -0.4 is 20.9 Å². The van der Waals surface area contributed by atoms with Crippen molar-refractivity contribution in [2.45, 2.75) is 38.3 Å². The molecule has 2 atom stereocenters. The van der Waals surface area contributed by atoms with E-state index in [9.17, 15) is 10.1 Å². The number of nitrogens with two attached hydrogens (primary N) is 1. The van der Waals surface area contributed by atoms with E-state index in [-0.39, 0.29) is 11.9 Å². The molecular formula is C18H25N5O. The van der Waals surface area contributed by atoms with Crippen molar-refractivity contribution in [3.8, 4) is 6.07 Å². The summed E-state index contributed by atoms with van der Waals surface area (Å²) in [5.74, 6) is -0.117. The van der Waals surface area contributed by atoms with E-state index in [1.54, 1.807) is 6.92 Å². The second kappa shape index (κ2) is 7.10. The van der Waals surface area contributed by atoms with Gasteiger partial charge in [0.05, 0.1) is 17.3 Å². The molecule has 2 saturated heterocycles. The van der Waals surface area contributed by atoms with Gasteiger partial charge in [0.1, 0.15) is 6.07 Å². The molecule has 0 radical (unpaired) electrons. The molecule has 3 rings (SSSR count). The summed E-state index contributed by atoms with van der Waals surface area (Å²) in [5.41, 5.74) is 8.47. The Hall–Kier alpha value is -2.26. The van der Waals surface area contributed by atoms with E-state index >= 15 is 0 Å². The standard InChI is InChI=1S/C18H25N5O/c1-13(20)18(24)21-15-6-9-23(12-15)17-10-16(5-4-14(17)11-19)22-7-2-3-8-22/h4-5,10,13,15H,2-3,6-9,12,20H2,1H3,(H,21,24)/t13-,15-/m0/s1. The summed E-state index contributed by atoms with van der Waals surface area (Å²) in [6, 6.07) is 7.97. The number of nitrogens with zero attached hydrogens (tertiary/aromatic N) is 3. The number of rotatable bonds is 4. The SMILES string of the molecule is C[C@H](N)C(=O)N[C@H]1CCN(c2cc(N3CCCC3)ccc2C#N)C1. The summed E-state index contributed by atoms with van der Waals surface area (Å²) in [4.78, 5) is 16.3. The minimum atomic E-state index is -0.493. The molecule has 1 aromatic carbocycles. The third-order valence-electron chi connectivity index (χ3n) is 4.86. The molecular weight excluding hydrogens is 302 g/mol. The highest BCUT2D eigenvalue weighted by Gasteiger charge is 2.27. The summed E-state index contributed by atoms with van der Waals surface area (Å²) in [6.45, 7) is 5.41. The average Bonchev–Trinajstić information content (AvgIpc) is 3.26. The highest BCUT2D eigenvalue weighted by atomic mass is 16.2. The molecule has 0 unspecified atom stereocenters. The summed E-state index contributed by atoms with van der Waals surface area (Å²) >= 11 is 0. The van der Waals surface area contributed by atoms with E-state index in [4.69, 9.17) is 5.73 Å². The average molecular weight is 327 g/mol. The maximum atomic E-state index is 11.8. The highest BCUT2D eigenvalue weighted by molar-refractivity contribution is 5.81. The van der Waals surface area contributed by atoms with Gasteiger partial charge in [-0.3, -0.25) is 4.79 Å². The normalized spacial score (nSPS) is 21.6. The van der Waals surface area contributed by atoms with E-state index in [1.807, 2.05) is 12.1 Å². The fourth-order valence-corrected chi connectivity index (χ4v) is 3.48. The van der Waals surface area contributed by atoms with Crippen molar-refractivity contribution < 1.29 is 4.79 Å². The Labute approximate surface area is 143 Å². The Kier molecular flexibility index (Phi) is 4.91. The van der Waals surface area contributed by atoms with Gasteiger partial charge in [-0.25, -0.2) is 0 Å². The molecule has 2 fully saturated rings. The lowest BCUT2D eigenvalue weighted by atomic mass is 10.1. The van der Waals surface area contributed by atoms with E-state index in [1.165, 1.54) is 18.5 Å². The fourth-order valence-electron chi connectivity index (χ4n) is 3.48. The van der Waals surface area contributed by atoms with Crippen LogP contribution in [0.1, 0.15) is 31.7 Å². The largest absolute Gasteiger partial charge is 0.371 e. The van der Waals surface area contributed by atoms with Gasteiger partial charge in [0.15, 0.2) is 0 Å². The van der Waals surface area contributed by atoms with E-state index in [0.717, 1.165) is 38.3 Å². The Morgan fingerprint density at radius 1 is 1.33 bits per heavy atom. The first-order valence-electron chi connectivity index (χ1n) is 8.68. The van der Waals surface area contributed by atoms with Crippen LogP contribution in [0.3, 0.4) is 0 Å². The monoisotopic (exact) mass is 327 g/mol. The van der Waals surface area contributed by atoms with Crippen LogP contribution in [0.5, 0.6) is 0 Å². The van der Waals surface area contributed by atoms with Crippen molar-refractivity contribution in [3.05, 3.63) is 23.8 Å². The zero-order chi connectivity index (χ0) is 17.1. The molecule has 1 amide bonds. The van der Waals surface area contributed by atoms with Crippen LogP contribution in [0.4, 0.5) is 11.4 Å². The zero-order valence-electron chi connectivity index (χ0n) is 14.2. The maximum absolute atomic E-state index is 11.8. The van der Waals surface area contributed by atoms with Gasteiger partial charge in [-0.2, -0.15) is 5.26 Å².